The number of amides is 1. The van der Waals surface area contributed by atoms with Crippen LogP contribution in [0, 0.1) is 6.92 Å². The third-order valence-electron chi connectivity index (χ3n) is 5.38. The second-order valence-corrected chi connectivity index (χ2v) is 10.6. The summed E-state index contributed by atoms with van der Waals surface area (Å²) in [6.07, 6.45) is 2.20. The molecule has 0 aliphatic heterocycles. The molecule has 9 heteroatoms. The van der Waals surface area contributed by atoms with Crippen LogP contribution < -0.4 is 0 Å². The van der Waals surface area contributed by atoms with Gasteiger partial charge in [0.1, 0.15) is 11.2 Å². The highest BCUT2D eigenvalue weighted by Crippen LogP contribution is 2.42. The molecule has 0 N–H and O–H groups in total. The number of carbonyl (C=O) groups is 1. The fourth-order valence-electron chi connectivity index (χ4n) is 3.42. The predicted octanol–water partition coefficient (Wildman–Crippen LogP) is 4.86. The summed E-state index contributed by atoms with van der Waals surface area (Å²) in [6.45, 7) is 4.08. The molecule has 3 aromatic rings. The molecule has 0 bridgehead atoms. The lowest BCUT2D eigenvalue weighted by Crippen LogP contribution is -2.25. The van der Waals surface area contributed by atoms with E-state index < -0.39 is 10.0 Å². The number of nitrogens with zero attached hydrogens (tertiary/aromatic N) is 3. The zero-order valence-electron chi connectivity index (χ0n) is 20.2. The van der Waals surface area contributed by atoms with E-state index in [0.717, 1.165) is 33.6 Å². The molecular formula is C25H29N3O4S2. The van der Waals surface area contributed by atoms with Crippen molar-refractivity contribution in [2.45, 2.75) is 25.2 Å². The van der Waals surface area contributed by atoms with E-state index in [-0.39, 0.29) is 10.8 Å². The molecule has 1 aromatic heterocycles. The summed E-state index contributed by atoms with van der Waals surface area (Å²) in [5.74, 6) is -0.269. The molecular weight excluding hydrogens is 470 g/mol. The van der Waals surface area contributed by atoms with Crippen molar-refractivity contribution in [3.05, 3.63) is 64.5 Å². The van der Waals surface area contributed by atoms with E-state index in [4.69, 9.17) is 4.84 Å². The van der Waals surface area contributed by atoms with Crippen molar-refractivity contribution >= 4 is 33.6 Å². The van der Waals surface area contributed by atoms with Crippen LogP contribution >= 0.6 is 11.3 Å². The summed E-state index contributed by atoms with van der Waals surface area (Å²) in [5, 5.41) is 1.19. The van der Waals surface area contributed by atoms with Crippen LogP contribution in [0.5, 0.6) is 0 Å². The van der Waals surface area contributed by atoms with E-state index in [9.17, 15) is 13.2 Å². The third-order valence-corrected chi connectivity index (χ3v) is 7.95. The van der Waals surface area contributed by atoms with E-state index >= 15 is 0 Å². The summed E-state index contributed by atoms with van der Waals surface area (Å²) < 4.78 is 28.7. The van der Waals surface area contributed by atoms with Gasteiger partial charge in [-0.05, 0) is 47.7 Å². The van der Waals surface area contributed by atoms with Crippen molar-refractivity contribution in [3.63, 3.8) is 0 Å². The van der Waals surface area contributed by atoms with Gasteiger partial charge in [-0.15, -0.1) is 15.7 Å². The van der Waals surface area contributed by atoms with Crippen molar-refractivity contribution in [2.75, 3.05) is 28.3 Å². The van der Waals surface area contributed by atoms with Gasteiger partial charge in [0.2, 0.25) is 0 Å². The highest BCUT2D eigenvalue weighted by Gasteiger charge is 2.25. The highest BCUT2D eigenvalue weighted by atomic mass is 32.2. The lowest BCUT2D eigenvalue weighted by molar-refractivity contribution is -0.0753. The van der Waals surface area contributed by atoms with Crippen molar-refractivity contribution in [1.82, 2.24) is 9.96 Å². The Kier molecular flexibility index (Phi) is 7.91. The van der Waals surface area contributed by atoms with Crippen LogP contribution in [0.3, 0.4) is 0 Å². The Hall–Kier alpha value is -3.01. The van der Waals surface area contributed by atoms with E-state index in [1.165, 1.54) is 47.5 Å². The Morgan fingerprint density at radius 3 is 2.15 bits per heavy atom. The van der Waals surface area contributed by atoms with E-state index in [2.05, 4.69) is 35.6 Å². The van der Waals surface area contributed by atoms with Gasteiger partial charge in [0.05, 0.1) is 12.0 Å². The highest BCUT2D eigenvalue weighted by molar-refractivity contribution is 7.90. The van der Waals surface area contributed by atoms with Gasteiger partial charge in [-0.1, -0.05) is 43.3 Å². The number of hydrogen-bond donors (Lipinski definition) is 0. The third kappa shape index (κ3) is 5.38. The van der Waals surface area contributed by atoms with Crippen LogP contribution in [0.1, 0.15) is 27.7 Å². The fourth-order valence-corrected chi connectivity index (χ4v) is 5.63. The van der Waals surface area contributed by atoms with Crippen LogP contribution in [0.15, 0.2) is 57.8 Å². The Labute approximate surface area is 205 Å². The molecule has 1 heterocycles. The molecule has 0 atom stereocenters. The topological polar surface area (TPSA) is 79.3 Å². The first-order valence-corrected chi connectivity index (χ1v) is 13.0. The number of sulfonamides is 1. The molecule has 0 radical (unpaired) electrons. The van der Waals surface area contributed by atoms with Gasteiger partial charge in [-0.25, -0.2) is 5.06 Å². The molecule has 7 nitrogen and oxygen atoms in total. The van der Waals surface area contributed by atoms with E-state index in [0.29, 0.717) is 4.88 Å². The van der Waals surface area contributed by atoms with Crippen molar-refractivity contribution in [1.29, 1.82) is 0 Å². The lowest BCUT2D eigenvalue weighted by Gasteiger charge is -2.14. The van der Waals surface area contributed by atoms with Gasteiger partial charge in [0, 0.05) is 31.6 Å². The fraction of sp³-hybridized carbons (Fsp3) is 0.280. The maximum Gasteiger partial charge on any atom is 0.287 e. The Morgan fingerprint density at radius 2 is 1.62 bits per heavy atom. The van der Waals surface area contributed by atoms with Gasteiger partial charge in [0.15, 0.2) is 0 Å². The van der Waals surface area contributed by atoms with Crippen LogP contribution in [0.25, 0.3) is 21.6 Å². The van der Waals surface area contributed by atoms with Crippen molar-refractivity contribution in [2.24, 2.45) is 4.40 Å². The van der Waals surface area contributed by atoms with Crippen LogP contribution in [0.4, 0.5) is 0 Å². The first kappa shape index (κ1) is 25.6. The standard InChI is InChI=1S/C25H29N3O4S2/c1-7-18-8-10-20(11-9-18)23-17(2)22(24(33-23)25(29)28(5)32-6)19-12-14-21(15-13-19)34(30,31)26-16-27(3)4/h8-16H,7H2,1-6H3. The van der Waals surface area contributed by atoms with Crippen LogP contribution in [0.2, 0.25) is 0 Å². The predicted molar refractivity (Wildman–Crippen MR) is 138 cm³/mol. The monoisotopic (exact) mass is 499 g/mol. The summed E-state index contributed by atoms with van der Waals surface area (Å²) >= 11 is 1.40. The summed E-state index contributed by atoms with van der Waals surface area (Å²) in [4.78, 5) is 21.4. The average Bonchev–Trinajstić information content (AvgIpc) is 3.18. The van der Waals surface area contributed by atoms with Gasteiger partial charge in [0.25, 0.3) is 15.9 Å². The molecule has 0 unspecified atom stereocenters. The minimum atomic E-state index is -3.82. The molecule has 0 aliphatic rings. The van der Waals surface area contributed by atoms with Gasteiger partial charge in [-0.2, -0.15) is 8.42 Å². The molecule has 34 heavy (non-hydrogen) atoms. The zero-order chi connectivity index (χ0) is 25.0. The van der Waals surface area contributed by atoms with Gasteiger partial charge >= 0.3 is 0 Å². The minimum Gasteiger partial charge on any atom is -0.368 e. The quantitative estimate of drug-likeness (QED) is 0.251. The number of benzene rings is 2. The lowest BCUT2D eigenvalue weighted by atomic mass is 9.98. The van der Waals surface area contributed by atoms with Crippen molar-refractivity contribution < 1.29 is 18.0 Å². The number of rotatable bonds is 8. The number of hydrogen-bond acceptors (Lipinski definition) is 5. The zero-order valence-corrected chi connectivity index (χ0v) is 21.8. The second kappa shape index (κ2) is 10.5. The molecule has 0 fully saturated rings. The maximum atomic E-state index is 13.1. The second-order valence-electron chi connectivity index (χ2n) is 7.98. The first-order valence-electron chi connectivity index (χ1n) is 10.7. The molecule has 0 saturated heterocycles. The van der Waals surface area contributed by atoms with E-state index in [1.807, 2.05) is 6.92 Å². The summed E-state index contributed by atoms with van der Waals surface area (Å²) in [7, 11) is 2.59. The number of thiophene rings is 1. The number of hydroxylamine groups is 2. The minimum absolute atomic E-state index is 0.0829. The Bertz CT molecular complexity index is 1290. The normalized spacial score (nSPS) is 11.7. The van der Waals surface area contributed by atoms with Crippen LogP contribution in [-0.4, -0.2) is 58.9 Å². The van der Waals surface area contributed by atoms with Gasteiger partial charge in [-0.3, -0.25) is 9.63 Å². The molecule has 0 saturated carbocycles. The summed E-state index contributed by atoms with van der Waals surface area (Å²) in [6, 6.07) is 14.7. The summed E-state index contributed by atoms with van der Waals surface area (Å²) in [5.41, 5.74) is 4.71. The smallest absolute Gasteiger partial charge is 0.287 e. The average molecular weight is 500 g/mol. The molecule has 0 spiro atoms. The SMILES string of the molecule is CCc1ccc(-c2sc(C(=O)N(C)OC)c(-c3ccc(S(=O)(=O)N=CN(C)C)cc3)c2C)cc1. The number of carbonyl (C=O) groups excluding carboxylic acids is 1. The van der Waals surface area contributed by atoms with Crippen molar-refractivity contribution in [3.8, 4) is 21.6 Å². The van der Waals surface area contributed by atoms with Crippen LogP contribution in [-0.2, 0) is 21.3 Å². The molecule has 2 aromatic carbocycles. The molecule has 1 amide bonds. The number of aryl methyl sites for hydroxylation is 1. The van der Waals surface area contributed by atoms with E-state index in [1.54, 1.807) is 38.2 Å². The molecule has 0 aliphatic carbocycles. The molecule has 180 valence electrons. The van der Waals surface area contributed by atoms with Gasteiger partial charge < -0.3 is 4.90 Å². The molecule has 3 rings (SSSR count). The Balaban J connectivity index is 2.12. The Morgan fingerprint density at radius 1 is 1.03 bits per heavy atom. The maximum absolute atomic E-state index is 13.1. The first-order chi connectivity index (χ1) is 16.1. The largest absolute Gasteiger partial charge is 0.368 e.